The molecule has 2 unspecified atom stereocenters. The van der Waals surface area contributed by atoms with Crippen LogP contribution in [0.15, 0.2) is 12.1 Å². The van der Waals surface area contributed by atoms with Crippen molar-refractivity contribution in [1.82, 2.24) is 0 Å². The van der Waals surface area contributed by atoms with E-state index >= 15 is 0 Å². The van der Waals surface area contributed by atoms with E-state index in [9.17, 15) is 34.2 Å². The van der Waals surface area contributed by atoms with Crippen LogP contribution in [-0.4, -0.2) is 51.5 Å². The van der Waals surface area contributed by atoms with Crippen molar-refractivity contribution in [3.05, 3.63) is 23.3 Å². The van der Waals surface area contributed by atoms with Crippen molar-refractivity contribution in [2.45, 2.75) is 31.8 Å². The highest BCUT2D eigenvalue weighted by molar-refractivity contribution is 6.31. The van der Waals surface area contributed by atoms with Gasteiger partial charge in [-0.25, -0.2) is 0 Å². The maximum atomic E-state index is 13.3. The van der Waals surface area contributed by atoms with Crippen molar-refractivity contribution >= 4 is 29.0 Å². The van der Waals surface area contributed by atoms with Gasteiger partial charge in [0.25, 0.3) is 0 Å². The van der Waals surface area contributed by atoms with Gasteiger partial charge in [-0.15, -0.1) is 0 Å². The van der Waals surface area contributed by atoms with Crippen LogP contribution in [0, 0.1) is 23.7 Å². The molecular weight excluding hydrogens is 394 g/mol. The number of hydrogen-bond donors (Lipinski definition) is 3. The zero-order valence-electron chi connectivity index (χ0n) is 16.2. The number of phenolic OH excluding ortho intramolecular Hbond substituents is 1. The van der Waals surface area contributed by atoms with Gasteiger partial charge < -0.3 is 20.7 Å². The molecule has 4 N–H and O–H groups in total. The number of primary amides is 1. The van der Waals surface area contributed by atoms with Gasteiger partial charge in [-0.05, 0) is 37.8 Å². The second kappa shape index (κ2) is 6.73. The molecule has 1 aromatic rings. The zero-order chi connectivity index (χ0) is 22.0. The number of rotatable bonds is 3. The number of aliphatic hydroxyl groups is 1. The molecule has 0 bridgehead atoms. The highest BCUT2D eigenvalue weighted by atomic mass is 16.5. The number of ketones is 4. The van der Waals surface area contributed by atoms with Gasteiger partial charge in [0.1, 0.15) is 11.5 Å². The quantitative estimate of drug-likeness (QED) is 0.568. The topological polar surface area (TPSA) is 161 Å². The highest BCUT2D eigenvalue weighted by Crippen LogP contribution is 2.51. The van der Waals surface area contributed by atoms with Gasteiger partial charge in [0.2, 0.25) is 5.91 Å². The number of aromatic hydroxyl groups is 1. The Kier molecular flexibility index (Phi) is 4.54. The summed E-state index contributed by atoms with van der Waals surface area (Å²) >= 11 is 0. The van der Waals surface area contributed by atoms with E-state index in [0.29, 0.717) is 17.9 Å². The van der Waals surface area contributed by atoms with Crippen LogP contribution in [0.2, 0.25) is 0 Å². The van der Waals surface area contributed by atoms with E-state index in [1.807, 2.05) is 0 Å². The molecule has 5 atom stereocenters. The minimum Gasteiger partial charge on any atom is -0.507 e. The summed E-state index contributed by atoms with van der Waals surface area (Å²) in [6.45, 7) is 2.10. The van der Waals surface area contributed by atoms with Crippen molar-refractivity contribution in [2.24, 2.45) is 29.4 Å². The Hall–Kier alpha value is -3.07. The van der Waals surface area contributed by atoms with Gasteiger partial charge >= 0.3 is 0 Å². The molecule has 30 heavy (non-hydrogen) atoms. The first-order valence-electron chi connectivity index (χ1n) is 9.77. The molecule has 3 aliphatic carbocycles. The predicted octanol–water partition coefficient (Wildman–Crippen LogP) is -0.274. The number of Topliss-reactive ketones (excluding diaryl/α,β-unsaturated/α-hetero) is 4. The van der Waals surface area contributed by atoms with Gasteiger partial charge in [-0.3, -0.25) is 24.0 Å². The summed E-state index contributed by atoms with van der Waals surface area (Å²) in [4.78, 5) is 63.2. The summed E-state index contributed by atoms with van der Waals surface area (Å²) in [5.41, 5.74) is 2.91. The van der Waals surface area contributed by atoms with Crippen molar-refractivity contribution in [1.29, 1.82) is 0 Å². The molecule has 0 heterocycles. The molecular formula is C21H21NO8. The number of benzene rings is 1. The number of amides is 1. The fraction of sp³-hybridized carbons (Fsp3) is 0.476. The fourth-order valence-corrected chi connectivity index (χ4v) is 5.23. The number of phenols is 1. The fourth-order valence-electron chi connectivity index (χ4n) is 5.23. The van der Waals surface area contributed by atoms with Crippen molar-refractivity contribution < 1.29 is 38.9 Å². The number of hydrogen-bond acceptors (Lipinski definition) is 8. The third-order valence-corrected chi connectivity index (χ3v) is 6.54. The maximum Gasteiger partial charge on any atom is 0.235 e. The molecule has 0 aliphatic heterocycles. The molecule has 158 valence electrons. The normalized spacial score (nSPS) is 32.9. The van der Waals surface area contributed by atoms with E-state index in [-0.39, 0.29) is 30.6 Å². The Morgan fingerprint density at radius 2 is 1.90 bits per heavy atom. The molecule has 1 aromatic carbocycles. The molecule has 0 spiro atoms. The van der Waals surface area contributed by atoms with Crippen LogP contribution >= 0.6 is 0 Å². The lowest BCUT2D eigenvalue weighted by Crippen LogP contribution is -2.68. The molecule has 0 saturated heterocycles. The minimum absolute atomic E-state index is 0.0578. The highest BCUT2D eigenvalue weighted by Gasteiger charge is 2.66. The predicted molar refractivity (Wildman–Crippen MR) is 99.7 cm³/mol. The largest absolute Gasteiger partial charge is 0.507 e. The second-order valence-corrected chi connectivity index (χ2v) is 8.11. The number of carbonyl (C=O) groups excluding carboxylic acids is 5. The Morgan fingerprint density at radius 1 is 1.20 bits per heavy atom. The molecule has 0 aromatic heterocycles. The lowest BCUT2D eigenvalue weighted by Gasteiger charge is -2.48. The summed E-state index contributed by atoms with van der Waals surface area (Å²) in [6.07, 6.45) is -0.0953. The van der Waals surface area contributed by atoms with Crippen LogP contribution < -0.4 is 10.5 Å². The van der Waals surface area contributed by atoms with E-state index in [1.165, 1.54) is 12.1 Å². The number of ether oxygens (including phenoxy) is 1. The van der Waals surface area contributed by atoms with Gasteiger partial charge in [0, 0.05) is 17.9 Å². The molecule has 3 aliphatic rings. The van der Waals surface area contributed by atoms with Crippen LogP contribution in [0.3, 0.4) is 0 Å². The monoisotopic (exact) mass is 415 g/mol. The average molecular weight is 415 g/mol. The van der Waals surface area contributed by atoms with Gasteiger partial charge in [0.05, 0.1) is 18.1 Å². The molecule has 9 nitrogen and oxygen atoms in total. The van der Waals surface area contributed by atoms with Crippen molar-refractivity contribution in [3.63, 3.8) is 0 Å². The smallest absolute Gasteiger partial charge is 0.235 e. The van der Waals surface area contributed by atoms with Crippen LogP contribution in [0.5, 0.6) is 11.5 Å². The Labute approximate surface area is 171 Å². The van der Waals surface area contributed by atoms with E-state index in [2.05, 4.69) is 0 Å². The minimum atomic E-state index is -2.63. The van der Waals surface area contributed by atoms with Gasteiger partial charge in [-0.2, -0.15) is 0 Å². The summed E-state index contributed by atoms with van der Waals surface area (Å²) in [5, 5.41) is 21.4. The number of nitrogens with two attached hydrogens (primary N) is 1. The van der Waals surface area contributed by atoms with E-state index in [4.69, 9.17) is 10.5 Å². The average Bonchev–Trinajstić information content (AvgIpc) is 2.66. The first-order valence-corrected chi connectivity index (χ1v) is 9.77. The molecule has 2 fully saturated rings. The van der Waals surface area contributed by atoms with Crippen molar-refractivity contribution in [3.8, 4) is 11.5 Å². The van der Waals surface area contributed by atoms with Gasteiger partial charge in [-0.1, -0.05) is 0 Å². The summed E-state index contributed by atoms with van der Waals surface area (Å²) in [7, 11) is 0. The molecule has 4 rings (SSSR count). The summed E-state index contributed by atoms with van der Waals surface area (Å²) in [5.74, 6) is -9.77. The summed E-state index contributed by atoms with van der Waals surface area (Å²) < 4.78 is 5.56. The molecule has 9 heteroatoms. The van der Waals surface area contributed by atoms with Crippen LogP contribution in [-0.2, 0) is 25.6 Å². The second-order valence-electron chi connectivity index (χ2n) is 8.11. The molecule has 2 saturated carbocycles. The number of fused-ring (bicyclic) bond motifs is 3. The lowest BCUT2D eigenvalue weighted by atomic mass is 9.54. The molecule has 1 amide bonds. The van der Waals surface area contributed by atoms with Crippen LogP contribution in [0.25, 0.3) is 0 Å². The lowest BCUT2D eigenvalue weighted by molar-refractivity contribution is -0.175. The van der Waals surface area contributed by atoms with E-state index in [1.54, 1.807) is 6.92 Å². The van der Waals surface area contributed by atoms with E-state index in [0.717, 1.165) is 0 Å². The van der Waals surface area contributed by atoms with Crippen LogP contribution in [0.4, 0.5) is 0 Å². The zero-order valence-corrected chi connectivity index (χ0v) is 16.2. The van der Waals surface area contributed by atoms with Crippen LogP contribution in [0.1, 0.15) is 35.7 Å². The third kappa shape index (κ3) is 2.54. The summed E-state index contributed by atoms with van der Waals surface area (Å²) in [6, 6.07) is 2.83. The van der Waals surface area contributed by atoms with Crippen molar-refractivity contribution in [2.75, 3.05) is 6.61 Å². The first-order chi connectivity index (χ1) is 14.1. The first kappa shape index (κ1) is 20.2. The van der Waals surface area contributed by atoms with E-state index < -0.39 is 58.3 Å². The molecule has 0 radical (unpaired) electrons. The van der Waals surface area contributed by atoms with Gasteiger partial charge in [0.15, 0.2) is 34.7 Å². The number of carbonyl (C=O) groups is 5. The standard InChI is InChI=1S/C21H21NO8/c1-2-30-13-4-3-11(23)15-10(13)6-8-5-9-7-12(24)16(20(22)28)19(27)21(9,29)18(26)14(8)17(15)25/h3-4,8-9,14,16,23,29H,2,5-7H2,1H3,(H2,22,28)/t8-,9+,14?,16?,21+/m1/s1. The maximum absolute atomic E-state index is 13.3. The SMILES string of the molecule is CCOc1ccc(O)c2c1C[C@H]1C[C@H]3CC(=O)C(C(N)=O)C(=O)[C@@]3(O)C(=O)C1C2=O. The third-order valence-electron chi connectivity index (χ3n) is 6.54. The Balaban J connectivity index is 1.81. The Bertz CT molecular complexity index is 1010. The Morgan fingerprint density at radius 3 is 2.53 bits per heavy atom.